The molecular formula is C20H18N4O4. The van der Waals surface area contributed by atoms with Gasteiger partial charge in [0.25, 0.3) is 5.69 Å². The van der Waals surface area contributed by atoms with Crippen molar-refractivity contribution < 1.29 is 14.1 Å². The van der Waals surface area contributed by atoms with Crippen molar-refractivity contribution in [2.75, 3.05) is 13.2 Å². The Hall–Kier alpha value is -3.26. The topological polar surface area (TPSA) is 96.2 Å². The lowest BCUT2D eigenvalue weighted by molar-refractivity contribution is -0.384. The molecule has 1 saturated heterocycles. The second kappa shape index (κ2) is 6.42. The molecular weight excluding hydrogens is 360 g/mol. The van der Waals surface area contributed by atoms with Crippen molar-refractivity contribution in [1.82, 2.24) is 14.5 Å². The molecule has 142 valence electrons. The van der Waals surface area contributed by atoms with Gasteiger partial charge in [-0.1, -0.05) is 0 Å². The summed E-state index contributed by atoms with van der Waals surface area (Å²) in [4.78, 5) is 19.7. The number of nitro benzene ring substituents is 1. The molecule has 3 heterocycles. The molecule has 0 unspecified atom stereocenters. The maximum absolute atomic E-state index is 11.0. The maximum atomic E-state index is 11.0. The number of ether oxygens (including phenoxy) is 1. The van der Waals surface area contributed by atoms with Gasteiger partial charge >= 0.3 is 0 Å². The predicted octanol–water partition coefficient (Wildman–Crippen LogP) is 4.41. The van der Waals surface area contributed by atoms with Crippen LogP contribution in [0, 0.1) is 17.0 Å². The van der Waals surface area contributed by atoms with E-state index >= 15 is 0 Å². The number of hydrogen-bond donors (Lipinski definition) is 0. The Kier molecular flexibility index (Phi) is 3.87. The van der Waals surface area contributed by atoms with Crippen molar-refractivity contribution in [1.29, 1.82) is 0 Å². The first-order valence-electron chi connectivity index (χ1n) is 9.22. The molecule has 8 nitrogen and oxygen atoms in total. The Balaban J connectivity index is 1.56. The Morgan fingerprint density at radius 1 is 1.11 bits per heavy atom. The number of aryl methyl sites for hydroxylation is 1. The average Bonchev–Trinajstić information content (AvgIpc) is 3.27. The fourth-order valence-corrected chi connectivity index (χ4v) is 3.91. The molecule has 0 radical (unpaired) electrons. The third-order valence-electron chi connectivity index (χ3n) is 5.25. The van der Waals surface area contributed by atoms with Gasteiger partial charge in [0.1, 0.15) is 11.3 Å². The standard InChI is InChI=1S/C20H18N4O4/c1-12-21-16-10-13(2-4-18(16)23(12)14-6-8-27-9-7-14)20-22-17-11-15(24(25)26)3-5-19(17)28-20/h2-5,10-11,14H,6-9H2,1H3. The number of aromatic nitrogens is 3. The molecule has 0 N–H and O–H groups in total. The van der Waals surface area contributed by atoms with E-state index in [-0.39, 0.29) is 5.69 Å². The SMILES string of the molecule is Cc1nc2cc(-c3nc4cc([N+](=O)[O-])ccc4o3)ccc2n1C1CCOCC1. The van der Waals surface area contributed by atoms with E-state index in [2.05, 4.69) is 9.55 Å². The largest absolute Gasteiger partial charge is 0.436 e. The van der Waals surface area contributed by atoms with E-state index in [4.69, 9.17) is 14.1 Å². The number of fused-ring (bicyclic) bond motifs is 2. The molecule has 2 aromatic carbocycles. The summed E-state index contributed by atoms with van der Waals surface area (Å²) in [5, 5.41) is 11.0. The zero-order chi connectivity index (χ0) is 19.3. The summed E-state index contributed by atoms with van der Waals surface area (Å²) < 4.78 is 13.6. The Morgan fingerprint density at radius 3 is 2.71 bits per heavy atom. The lowest BCUT2D eigenvalue weighted by Crippen LogP contribution is -2.20. The molecule has 28 heavy (non-hydrogen) atoms. The molecule has 2 aromatic heterocycles. The van der Waals surface area contributed by atoms with E-state index in [1.807, 2.05) is 25.1 Å². The van der Waals surface area contributed by atoms with Crippen molar-refractivity contribution in [3.05, 3.63) is 52.3 Å². The summed E-state index contributed by atoms with van der Waals surface area (Å²) in [6.07, 6.45) is 1.97. The van der Waals surface area contributed by atoms with Crippen LogP contribution in [-0.2, 0) is 4.74 Å². The number of imidazole rings is 1. The van der Waals surface area contributed by atoms with E-state index in [0.29, 0.717) is 23.0 Å². The highest BCUT2D eigenvalue weighted by molar-refractivity contribution is 5.83. The van der Waals surface area contributed by atoms with Crippen molar-refractivity contribution >= 4 is 27.8 Å². The molecule has 4 aromatic rings. The molecule has 0 aliphatic carbocycles. The summed E-state index contributed by atoms with van der Waals surface area (Å²) in [6.45, 7) is 3.57. The molecule has 0 spiro atoms. The molecule has 0 atom stereocenters. The van der Waals surface area contributed by atoms with Crippen LogP contribution in [-0.4, -0.2) is 32.7 Å². The van der Waals surface area contributed by atoms with Gasteiger partial charge in [-0.05, 0) is 44.0 Å². The summed E-state index contributed by atoms with van der Waals surface area (Å²) >= 11 is 0. The minimum Gasteiger partial charge on any atom is -0.436 e. The van der Waals surface area contributed by atoms with Crippen molar-refractivity contribution in [3.63, 3.8) is 0 Å². The fraction of sp³-hybridized carbons (Fsp3) is 0.300. The Morgan fingerprint density at radius 2 is 1.93 bits per heavy atom. The number of benzene rings is 2. The maximum Gasteiger partial charge on any atom is 0.271 e. The second-order valence-corrected chi connectivity index (χ2v) is 7.00. The minimum absolute atomic E-state index is 0.00590. The third kappa shape index (κ3) is 2.73. The van der Waals surface area contributed by atoms with Crippen LogP contribution in [0.5, 0.6) is 0 Å². The van der Waals surface area contributed by atoms with Crippen molar-refractivity contribution in [3.8, 4) is 11.5 Å². The zero-order valence-electron chi connectivity index (χ0n) is 15.3. The summed E-state index contributed by atoms with van der Waals surface area (Å²) in [6, 6.07) is 10.8. The van der Waals surface area contributed by atoms with Gasteiger partial charge in [0.2, 0.25) is 5.89 Å². The Bertz CT molecular complexity index is 1200. The first-order chi connectivity index (χ1) is 13.6. The van der Waals surface area contributed by atoms with Crippen molar-refractivity contribution in [2.45, 2.75) is 25.8 Å². The van der Waals surface area contributed by atoms with Crippen LogP contribution < -0.4 is 0 Å². The molecule has 1 fully saturated rings. The van der Waals surface area contributed by atoms with Crippen LogP contribution in [0.4, 0.5) is 5.69 Å². The molecule has 1 aliphatic rings. The van der Waals surface area contributed by atoms with Crippen LogP contribution in [0.3, 0.4) is 0 Å². The van der Waals surface area contributed by atoms with Crippen LogP contribution in [0.15, 0.2) is 40.8 Å². The highest BCUT2D eigenvalue weighted by Gasteiger charge is 2.21. The van der Waals surface area contributed by atoms with Gasteiger partial charge in [-0.25, -0.2) is 9.97 Å². The van der Waals surface area contributed by atoms with Gasteiger partial charge < -0.3 is 13.7 Å². The highest BCUT2D eigenvalue weighted by Crippen LogP contribution is 2.32. The van der Waals surface area contributed by atoms with E-state index < -0.39 is 4.92 Å². The normalized spacial score (nSPS) is 15.5. The third-order valence-corrected chi connectivity index (χ3v) is 5.25. The van der Waals surface area contributed by atoms with E-state index in [1.165, 1.54) is 12.1 Å². The zero-order valence-corrected chi connectivity index (χ0v) is 15.3. The van der Waals surface area contributed by atoms with Gasteiger partial charge in [-0.2, -0.15) is 0 Å². The summed E-state index contributed by atoms with van der Waals surface area (Å²) in [5.74, 6) is 1.41. The van der Waals surface area contributed by atoms with Gasteiger partial charge in [-0.3, -0.25) is 10.1 Å². The first kappa shape index (κ1) is 16.9. The van der Waals surface area contributed by atoms with E-state index in [0.717, 1.165) is 48.5 Å². The predicted molar refractivity (Wildman–Crippen MR) is 103 cm³/mol. The molecule has 5 rings (SSSR count). The highest BCUT2D eigenvalue weighted by atomic mass is 16.6. The van der Waals surface area contributed by atoms with Gasteiger partial charge in [0, 0.05) is 37.0 Å². The quantitative estimate of drug-likeness (QED) is 0.387. The van der Waals surface area contributed by atoms with Crippen LogP contribution in [0.2, 0.25) is 0 Å². The lowest BCUT2D eigenvalue weighted by Gasteiger charge is -2.25. The molecule has 0 saturated carbocycles. The van der Waals surface area contributed by atoms with E-state index in [1.54, 1.807) is 6.07 Å². The number of rotatable bonds is 3. The smallest absolute Gasteiger partial charge is 0.271 e. The van der Waals surface area contributed by atoms with Crippen molar-refractivity contribution in [2.24, 2.45) is 0 Å². The van der Waals surface area contributed by atoms with Crippen LogP contribution in [0.25, 0.3) is 33.6 Å². The summed E-state index contributed by atoms with van der Waals surface area (Å²) in [7, 11) is 0. The average molecular weight is 378 g/mol. The second-order valence-electron chi connectivity index (χ2n) is 7.00. The molecule has 0 amide bonds. The molecule has 1 aliphatic heterocycles. The monoisotopic (exact) mass is 378 g/mol. The van der Waals surface area contributed by atoms with Gasteiger partial charge in [0.15, 0.2) is 5.58 Å². The number of hydrogen-bond acceptors (Lipinski definition) is 6. The number of nitrogens with zero attached hydrogens (tertiary/aromatic N) is 4. The fourth-order valence-electron chi connectivity index (χ4n) is 3.91. The Labute approximate surface area is 159 Å². The number of nitro groups is 1. The van der Waals surface area contributed by atoms with Gasteiger partial charge in [-0.15, -0.1) is 0 Å². The summed E-state index contributed by atoms with van der Waals surface area (Å²) in [5.41, 5.74) is 3.74. The van der Waals surface area contributed by atoms with Gasteiger partial charge in [0.05, 0.1) is 16.0 Å². The number of non-ortho nitro benzene ring substituents is 1. The van der Waals surface area contributed by atoms with Crippen LogP contribution in [0.1, 0.15) is 24.7 Å². The minimum atomic E-state index is -0.439. The lowest BCUT2D eigenvalue weighted by atomic mass is 10.1. The van der Waals surface area contributed by atoms with E-state index in [9.17, 15) is 10.1 Å². The van der Waals surface area contributed by atoms with Crippen LogP contribution >= 0.6 is 0 Å². The molecule has 8 heteroatoms. The number of oxazole rings is 1. The molecule has 0 bridgehead atoms. The first-order valence-corrected chi connectivity index (χ1v) is 9.22.